The summed E-state index contributed by atoms with van der Waals surface area (Å²) >= 11 is 3.23. The summed E-state index contributed by atoms with van der Waals surface area (Å²) in [7, 11) is 1.57. The van der Waals surface area contributed by atoms with Crippen LogP contribution in [-0.2, 0) is 9.47 Å². The second-order valence-corrected chi connectivity index (χ2v) is 4.76. The summed E-state index contributed by atoms with van der Waals surface area (Å²) in [4.78, 5) is 0. The summed E-state index contributed by atoms with van der Waals surface area (Å²) in [6.45, 7) is 3.93. The molecule has 0 bridgehead atoms. The summed E-state index contributed by atoms with van der Waals surface area (Å²) in [5, 5.41) is 0. The minimum atomic E-state index is -0.300. The maximum atomic E-state index is 13.1. The molecule has 0 spiro atoms. The Morgan fingerprint density at radius 3 is 2.89 bits per heavy atom. The van der Waals surface area contributed by atoms with Gasteiger partial charge < -0.3 is 9.47 Å². The zero-order valence-electron chi connectivity index (χ0n) is 10.8. The predicted octanol–water partition coefficient (Wildman–Crippen LogP) is 3.90. The van der Waals surface area contributed by atoms with E-state index in [1.54, 1.807) is 19.3 Å². The van der Waals surface area contributed by atoms with Gasteiger partial charge in [-0.3, -0.25) is 0 Å². The Hall–Kier alpha value is -1.15. The number of benzene rings is 1. The number of hydrogen-bond donors (Lipinski definition) is 0. The average Bonchev–Trinajstić information content (AvgIpc) is 2.37. The lowest BCUT2D eigenvalue weighted by Crippen LogP contribution is -2.11. The Labute approximate surface area is 121 Å². The highest BCUT2D eigenvalue weighted by molar-refractivity contribution is 9.10. The predicted molar refractivity (Wildman–Crippen MR) is 77.2 cm³/mol. The molecule has 0 aliphatic rings. The van der Waals surface area contributed by atoms with Crippen LogP contribution in [0, 0.1) is 17.7 Å². The van der Waals surface area contributed by atoms with Gasteiger partial charge in [-0.25, -0.2) is 4.39 Å². The molecular formula is C15H16BrFO2. The van der Waals surface area contributed by atoms with E-state index in [1.165, 1.54) is 12.1 Å². The zero-order chi connectivity index (χ0) is 14.1. The molecule has 4 heteroatoms. The molecule has 2 nitrogen and oxygen atoms in total. The summed E-state index contributed by atoms with van der Waals surface area (Å²) < 4.78 is 24.0. The first-order chi connectivity index (χ1) is 9.15. The van der Waals surface area contributed by atoms with Crippen LogP contribution in [0.2, 0.25) is 0 Å². The van der Waals surface area contributed by atoms with Crippen molar-refractivity contribution in [3.63, 3.8) is 0 Å². The number of hydrogen-bond acceptors (Lipinski definition) is 2. The van der Waals surface area contributed by atoms with Gasteiger partial charge in [-0.15, -0.1) is 6.58 Å². The van der Waals surface area contributed by atoms with Crippen LogP contribution in [0.3, 0.4) is 0 Å². The fourth-order valence-electron chi connectivity index (χ4n) is 1.43. The maximum absolute atomic E-state index is 13.1. The Morgan fingerprint density at radius 2 is 2.26 bits per heavy atom. The largest absolute Gasteiger partial charge is 0.359 e. The third-order valence-electron chi connectivity index (χ3n) is 2.31. The van der Waals surface area contributed by atoms with E-state index in [0.29, 0.717) is 16.5 Å². The first-order valence-corrected chi connectivity index (χ1v) is 6.63. The molecule has 0 amide bonds. The Morgan fingerprint density at radius 1 is 1.47 bits per heavy atom. The van der Waals surface area contributed by atoms with Crippen LogP contribution in [0.5, 0.6) is 0 Å². The quantitative estimate of drug-likeness (QED) is 0.448. The first-order valence-electron chi connectivity index (χ1n) is 5.83. The molecule has 0 saturated carbocycles. The van der Waals surface area contributed by atoms with Gasteiger partial charge in [-0.1, -0.05) is 33.8 Å². The SMILES string of the molecule is C=CC(CCC#Cc1cc(F)cc(Br)c1)OCOC. The molecule has 1 unspecified atom stereocenters. The minimum Gasteiger partial charge on any atom is -0.359 e. The van der Waals surface area contributed by atoms with Crippen LogP contribution in [0.15, 0.2) is 35.3 Å². The van der Waals surface area contributed by atoms with Gasteiger partial charge in [0.05, 0.1) is 6.10 Å². The van der Waals surface area contributed by atoms with Crippen LogP contribution < -0.4 is 0 Å². The van der Waals surface area contributed by atoms with E-state index in [1.807, 2.05) is 0 Å². The Balaban J connectivity index is 2.48. The summed E-state index contributed by atoms with van der Waals surface area (Å²) in [6, 6.07) is 4.59. The highest BCUT2D eigenvalue weighted by atomic mass is 79.9. The van der Waals surface area contributed by atoms with Gasteiger partial charge in [0.25, 0.3) is 0 Å². The Bertz CT molecular complexity index is 457. The van der Waals surface area contributed by atoms with Crippen LogP contribution in [0.25, 0.3) is 0 Å². The molecule has 1 aromatic rings. The minimum absolute atomic E-state index is 0.0755. The lowest BCUT2D eigenvalue weighted by atomic mass is 10.1. The standard InChI is InChI=1S/C15H16BrFO2/c1-3-15(19-11-18-2)7-5-4-6-12-8-13(16)10-14(17)9-12/h3,8-10,15H,1,5,7,11H2,2H3. The molecule has 1 rings (SSSR count). The molecular weight excluding hydrogens is 311 g/mol. The van der Waals surface area contributed by atoms with Crippen molar-refractivity contribution in [2.75, 3.05) is 13.9 Å². The molecule has 0 saturated heterocycles. The summed E-state index contributed by atoms with van der Waals surface area (Å²) in [6.07, 6.45) is 3.03. The van der Waals surface area contributed by atoms with Crippen molar-refractivity contribution in [2.24, 2.45) is 0 Å². The molecule has 19 heavy (non-hydrogen) atoms. The van der Waals surface area contributed by atoms with Crippen molar-refractivity contribution in [3.05, 3.63) is 46.7 Å². The lowest BCUT2D eigenvalue weighted by molar-refractivity contribution is -0.0569. The second-order valence-electron chi connectivity index (χ2n) is 3.85. The summed E-state index contributed by atoms with van der Waals surface area (Å²) in [5.74, 6) is 5.61. The van der Waals surface area contributed by atoms with Gasteiger partial charge in [0, 0.05) is 23.6 Å². The van der Waals surface area contributed by atoms with Crippen LogP contribution in [0.4, 0.5) is 4.39 Å². The number of rotatable bonds is 6. The maximum Gasteiger partial charge on any atom is 0.147 e. The lowest BCUT2D eigenvalue weighted by Gasteiger charge is -2.10. The van der Waals surface area contributed by atoms with Gasteiger partial charge >= 0.3 is 0 Å². The molecule has 0 aliphatic heterocycles. The topological polar surface area (TPSA) is 18.5 Å². The molecule has 0 fully saturated rings. The van der Waals surface area contributed by atoms with Crippen LogP contribution >= 0.6 is 15.9 Å². The molecule has 1 atom stereocenters. The summed E-state index contributed by atoms with van der Waals surface area (Å²) in [5.41, 5.74) is 0.653. The third kappa shape index (κ3) is 6.53. The molecule has 102 valence electrons. The van der Waals surface area contributed by atoms with E-state index < -0.39 is 0 Å². The van der Waals surface area contributed by atoms with Crippen molar-refractivity contribution in [1.82, 2.24) is 0 Å². The highest BCUT2D eigenvalue weighted by Crippen LogP contribution is 2.14. The van der Waals surface area contributed by atoms with Crippen molar-refractivity contribution < 1.29 is 13.9 Å². The van der Waals surface area contributed by atoms with Gasteiger partial charge in [-0.05, 0) is 24.6 Å². The van der Waals surface area contributed by atoms with Gasteiger partial charge in [0.15, 0.2) is 0 Å². The number of ether oxygens (including phenoxy) is 2. The third-order valence-corrected chi connectivity index (χ3v) is 2.77. The van der Waals surface area contributed by atoms with E-state index in [4.69, 9.17) is 9.47 Å². The Kier molecular flexibility index (Phi) is 7.42. The van der Waals surface area contributed by atoms with Gasteiger partial charge in [0.2, 0.25) is 0 Å². The van der Waals surface area contributed by atoms with Gasteiger partial charge in [-0.2, -0.15) is 0 Å². The van der Waals surface area contributed by atoms with Gasteiger partial charge in [0.1, 0.15) is 12.6 Å². The smallest absolute Gasteiger partial charge is 0.147 e. The normalized spacial score (nSPS) is 11.5. The van der Waals surface area contributed by atoms with E-state index >= 15 is 0 Å². The highest BCUT2D eigenvalue weighted by Gasteiger charge is 2.02. The van der Waals surface area contributed by atoms with Crippen molar-refractivity contribution in [1.29, 1.82) is 0 Å². The fourth-order valence-corrected chi connectivity index (χ4v) is 1.89. The van der Waals surface area contributed by atoms with Crippen molar-refractivity contribution >= 4 is 15.9 Å². The second kappa shape index (κ2) is 8.87. The zero-order valence-corrected chi connectivity index (χ0v) is 12.4. The van der Waals surface area contributed by atoms with E-state index in [9.17, 15) is 4.39 Å². The molecule has 0 aliphatic carbocycles. The molecule has 0 aromatic heterocycles. The number of methoxy groups -OCH3 is 1. The van der Waals surface area contributed by atoms with Crippen LogP contribution in [-0.4, -0.2) is 20.0 Å². The first kappa shape index (κ1) is 15.9. The molecule has 0 N–H and O–H groups in total. The van der Waals surface area contributed by atoms with Crippen molar-refractivity contribution in [2.45, 2.75) is 18.9 Å². The fraction of sp³-hybridized carbons (Fsp3) is 0.333. The van der Waals surface area contributed by atoms with Crippen molar-refractivity contribution in [3.8, 4) is 11.8 Å². The molecule has 1 aromatic carbocycles. The number of halogens is 2. The van der Waals surface area contributed by atoms with E-state index in [-0.39, 0.29) is 18.7 Å². The van der Waals surface area contributed by atoms with E-state index in [0.717, 1.165) is 6.42 Å². The molecule has 0 heterocycles. The van der Waals surface area contributed by atoms with Crippen LogP contribution in [0.1, 0.15) is 18.4 Å². The average molecular weight is 327 g/mol. The monoisotopic (exact) mass is 326 g/mol. The molecule has 0 radical (unpaired) electrons. The van der Waals surface area contributed by atoms with E-state index in [2.05, 4.69) is 34.3 Å².